The van der Waals surface area contributed by atoms with E-state index in [1.807, 2.05) is 17.4 Å². The summed E-state index contributed by atoms with van der Waals surface area (Å²) < 4.78 is 13.3. The van der Waals surface area contributed by atoms with Crippen LogP contribution in [0, 0.1) is 0 Å². The predicted molar refractivity (Wildman–Crippen MR) is 146 cm³/mol. The summed E-state index contributed by atoms with van der Waals surface area (Å²) in [6, 6.07) is 5.34. The first kappa shape index (κ1) is 27.3. The molecule has 1 fully saturated rings. The zero-order chi connectivity index (χ0) is 26.4. The average molecular weight is 563 g/mol. The molecule has 1 aliphatic heterocycles. The van der Waals surface area contributed by atoms with E-state index in [0.29, 0.717) is 37.9 Å². The quantitative estimate of drug-likeness (QED) is 0.352. The lowest BCUT2D eigenvalue weighted by molar-refractivity contribution is 0.100. The smallest absolute Gasteiger partial charge is 0.262 e. The van der Waals surface area contributed by atoms with E-state index in [4.69, 9.17) is 32.7 Å². The van der Waals surface area contributed by atoms with Gasteiger partial charge in [0.2, 0.25) is 11.8 Å². The first-order chi connectivity index (χ1) is 17.9. The molecule has 1 saturated heterocycles. The monoisotopic (exact) mass is 561 g/mol. The van der Waals surface area contributed by atoms with Gasteiger partial charge in [0.15, 0.2) is 0 Å². The van der Waals surface area contributed by atoms with E-state index < -0.39 is 5.91 Å². The van der Waals surface area contributed by atoms with Gasteiger partial charge >= 0.3 is 0 Å². The molecule has 37 heavy (non-hydrogen) atoms. The molecule has 1 amide bonds. The second-order valence-electron chi connectivity index (χ2n) is 8.68. The molecule has 10 nitrogen and oxygen atoms in total. The van der Waals surface area contributed by atoms with Crippen molar-refractivity contribution in [2.45, 2.75) is 31.2 Å². The third-order valence-corrected chi connectivity index (χ3v) is 7.57. The summed E-state index contributed by atoms with van der Waals surface area (Å²) in [5, 5.41) is 11.1. The molecule has 3 aromatic rings. The van der Waals surface area contributed by atoms with Crippen molar-refractivity contribution >= 4 is 56.0 Å². The molecule has 2 aromatic heterocycles. The Labute approximate surface area is 228 Å². The molecular weight excluding hydrogens is 533 g/mol. The number of rotatable bonds is 10. The van der Waals surface area contributed by atoms with Crippen LogP contribution in [0.3, 0.4) is 0 Å². The Morgan fingerprint density at radius 3 is 2.65 bits per heavy atom. The van der Waals surface area contributed by atoms with E-state index >= 15 is 0 Å². The number of aromatic nitrogens is 4. The molecule has 13 heteroatoms. The number of anilines is 3. The minimum Gasteiger partial charge on any atom is -0.476 e. The number of ether oxygens (including phenoxy) is 2. The first-order valence-corrected chi connectivity index (χ1v) is 14.2. The van der Waals surface area contributed by atoms with Crippen molar-refractivity contribution in [3.63, 3.8) is 0 Å². The number of carbonyl (C=O) groups is 1. The number of amides is 1. The topological polar surface area (TPSA) is 106 Å². The Morgan fingerprint density at radius 2 is 1.97 bits per heavy atom. The largest absolute Gasteiger partial charge is 0.476 e. The Hall–Kier alpha value is -2.70. The molecule has 196 valence electrons. The molecule has 0 bridgehead atoms. The summed E-state index contributed by atoms with van der Waals surface area (Å²) in [4.78, 5) is 24.4. The molecule has 2 radical (unpaired) electrons. The fraction of sp³-hybridized carbons (Fsp3) is 0.417. The van der Waals surface area contributed by atoms with Crippen molar-refractivity contribution in [1.82, 2.24) is 24.6 Å². The van der Waals surface area contributed by atoms with Crippen LogP contribution < -0.4 is 15.4 Å². The number of nitrogens with zero attached hydrogens (tertiary/aromatic N) is 5. The van der Waals surface area contributed by atoms with Crippen molar-refractivity contribution in [3.05, 3.63) is 52.4 Å². The number of halogens is 2. The van der Waals surface area contributed by atoms with E-state index in [1.54, 1.807) is 31.5 Å². The lowest BCUT2D eigenvalue weighted by Gasteiger charge is -2.28. The van der Waals surface area contributed by atoms with Gasteiger partial charge in [-0.05, 0) is 45.1 Å². The maximum atomic E-state index is 13.2. The molecule has 1 unspecified atom stereocenters. The predicted octanol–water partition coefficient (Wildman–Crippen LogP) is 4.35. The Morgan fingerprint density at radius 1 is 1.24 bits per heavy atom. The van der Waals surface area contributed by atoms with Crippen LogP contribution in [-0.4, -0.2) is 79.7 Å². The summed E-state index contributed by atoms with van der Waals surface area (Å²) in [6.45, 7) is 4.43. The maximum Gasteiger partial charge on any atom is 0.262 e. The van der Waals surface area contributed by atoms with Gasteiger partial charge in [0, 0.05) is 19.5 Å². The number of piperidine rings is 1. The van der Waals surface area contributed by atoms with Crippen molar-refractivity contribution in [1.29, 1.82) is 0 Å². The molecule has 0 aliphatic carbocycles. The molecule has 1 aromatic carbocycles. The minimum absolute atomic E-state index is 0.122. The number of nitrogens with one attached hydrogen (secondary N) is 2. The minimum atomic E-state index is -0.498. The summed E-state index contributed by atoms with van der Waals surface area (Å²) in [7, 11) is 4.12. The molecular formula is C24H29Cl2N7O3Si. The van der Waals surface area contributed by atoms with Crippen molar-refractivity contribution in [2.75, 3.05) is 44.5 Å². The SMILES string of the molecule is COCC(Oc1nc(Nc2cnn(C3CCN(C)CC3)c2)ncc1C(=O)Nc1c(Cl)cccc1Cl)[Si]C. The third kappa shape index (κ3) is 6.99. The van der Waals surface area contributed by atoms with Gasteiger partial charge in [0.25, 0.3) is 5.91 Å². The van der Waals surface area contributed by atoms with Gasteiger partial charge in [-0.1, -0.05) is 35.8 Å². The van der Waals surface area contributed by atoms with E-state index in [2.05, 4.69) is 37.6 Å². The van der Waals surface area contributed by atoms with Gasteiger partial charge in [0.1, 0.15) is 11.3 Å². The molecule has 4 rings (SSSR count). The highest BCUT2D eigenvalue weighted by molar-refractivity contribution is 6.40. The van der Waals surface area contributed by atoms with Crippen molar-refractivity contribution in [2.24, 2.45) is 0 Å². The maximum absolute atomic E-state index is 13.2. The molecule has 1 aliphatic rings. The van der Waals surface area contributed by atoms with Crippen LogP contribution in [0.5, 0.6) is 5.88 Å². The van der Waals surface area contributed by atoms with Gasteiger partial charge < -0.3 is 25.0 Å². The normalized spacial score (nSPS) is 15.4. The first-order valence-electron chi connectivity index (χ1n) is 11.8. The highest BCUT2D eigenvalue weighted by atomic mass is 35.5. The van der Waals surface area contributed by atoms with E-state index in [9.17, 15) is 4.79 Å². The number of para-hydroxylation sites is 1. The van der Waals surface area contributed by atoms with Gasteiger partial charge in [-0.25, -0.2) is 4.98 Å². The van der Waals surface area contributed by atoms with Crippen LogP contribution in [0.1, 0.15) is 29.2 Å². The van der Waals surface area contributed by atoms with Crippen molar-refractivity contribution in [3.8, 4) is 5.88 Å². The fourth-order valence-electron chi connectivity index (χ4n) is 3.92. The van der Waals surface area contributed by atoms with Crippen molar-refractivity contribution < 1.29 is 14.3 Å². The number of benzene rings is 1. The highest BCUT2D eigenvalue weighted by Gasteiger charge is 2.22. The molecule has 0 saturated carbocycles. The second kappa shape index (κ2) is 12.7. The highest BCUT2D eigenvalue weighted by Crippen LogP contribution is 2.31. The third-order valence-electron chi connectivity index (χ3n) is 6.01. The molecule has 0 spiro atoms. The average Bonchev–Trinajstić information content (AvgIpc) is 3.35. The number of hydrogen-bond donors (Lipinski definition) is 2. The van der Waals surface area contributed by atoms with Gasteiger partial charge in [-0.15, -0.1) is 0 Å². The summed E-state index contributed by atoms with van der Waals surface area (Å²) in [5.41, 5.74) is 0.908. The van der Waals surface area contributed by atoms with E-state index in [1.165, 1.54) is 6.20 Å². The standard InChI is InChI=1S/C24H29Cl2N7O3Si/c1-32-9-7-16(8-10-32)33-13-15(11-28-33)29-24-27-12-17(23(31-24)36-20(37-3)14-35-2)22(34)30-21-18(25)5-4-6-19(21)26/h4-6,11-13,16,20H,7-10,14H2,1-3H3,(H,30,34)(H,27,29,31). The number of methoxy groups -OCH3 is 1. The molecule has 1 atom stereocenters. The zero-order valence-electron chi connectivity index (χ0n) is 20.9. The van der Waals surface area contributed by atoms with Gasteiger partial charge in [-0.3, -0.25) is 9.48 Å². The van der Waals surface area contributed by atoms with Crippen LogP contribution in [0.2, 0.25) is 16.6 Å². The van der Waals surface area contributed by atoms with Crippen LogP contribution in [0.4, 0.5) is 17.3 Å². The zero-order valence-corrected chi connectivity index (χ0v) is 23.4. The van der Waals surface area contributed by atoms with E-state index in [0.717, 1.165) is 31.6 Å². The summed E-state index contributed by atoms with van der Waals surface area (Å²) in [5.74, 6) is -0.0969. The number of hydrogen-bond acceptors (Lipinski definition) is 8. The number of likely N-dealkylation sites (tertiary alicyclic amines) is 1. The Balaban J connectivity index is 1.56. The Kier molecular flexibility index (Phi) is 9.38. The van der Waals surface area contributed by atoms with E-state index in [-0.39, 0.29) is 23.1 Å². The van der Waals surface area contributed by atoms with Crippen LogP contribution >= 0.6 is 23.2 Å². The number of carbonyl (C=O) groups excluding carboxylic acids is 1. The summed E-state index contributed by atoms with van der Waals surface area (Å²) >= 11 is 12.5. The molecule has 3 heterocycles. The lowest BCUT2D eigenvalue weighted by Crippen LogP contribution is -2.31. The van der Waals surface area contributed by atoms with Crippen LogP contribution in [0.25, 0.3) is 0 Å². The van der Waals surface area contributed by atoms with Gasteiger partial charge in [-0.2, -0.15) is 10.1 Å². The molecule has 2 N–H and O–H groups in total. The fourth-order valence-corrected chi connectivity index (χ4v) is 4.98. The lowest BCUT2D eigenvalue weighted by atomic mass is 10.1. The van der Waals surface area contributed by atoms with Crippen LogP contribution in [0.15, 0.2) is 36.8 Å². The second-order valence-corrected chi connectivity index (χ2v) is 10.7. The van der Waals surface area contributed by atoms with Gasteiger partial charge in [0.05, 0.1) is 49.8 Å². The van der Waals surface area contributed by atoms with Crippen LogP contribution in [-0.2, 0) is 4.74 Å². The summed E-state index contributed by atoms with van der Waals surface area (Å²) in [6.07, 6.45) is 7.19. The Bertz CT molecular complexity index is 1200.